The van der Waals surface area contributed by atoms with Crippen molar-refractivity contribution < 1.29 is 0 Å². The van der Waals surface area contributed by atoms with Gasteiger partial charge in [-0.3, -0.25) is 0 Å². The molecule has 0 aromatic carbocycles. The SMILES string of the molecule is CC(CCNCCN)C(C)(C)C. The monoisotopic (exact) mass is 172 g/mol. The minimum absolute atomic E-state index is 0.435. The molecular weight excluding hydrogens is 148 g/mol. The third-order valence-corrected chi connectivity index (χ3v) is 2.55. The lowest BCUT2D eigenvalue weighted by Gasteiger charge is -2.27. The van der Waals surface area contributed by atoms with Crippen molar-refractivity contribution in [2.45, 2.75) is 34.1 Å². The van der Waals surface area contributed by atoms with E-state index in [0.29, 0.717) is 5.41 Å². The predicted octanol–water partition coefficient (Wildman–Crippen LogP) is 1.61. The van der Waals surface area contributed by atoms with Crippen LogP contribution in [-0.4, -0.2) is 19.6 Å². The van der Waals surface area contributed by atoms with Gasteiger partial charge in [0.1, 0.15) is 0 Å². The summed E-state index contributed by atoms with van der Waals surface area (Å²) in [5, 5.41) is 3.31. The molecule has 74 valence electrons. The minimum Gasteiger partial charge on any atom is -0.329 e. The zero-order valence-electron chi connectivity index (χ0n) is 8.98. The van der Waals surface area contributed by atoms with Gasteiger partial charge in [-0.25, -0.2) is 0 Å². The Morgan fingerprint density at radius 3 is 2.25 bits per heavy atom. The van der Waals surface area contributed by atoms with Crippen LogP contribution < -0.4 is 11.1 Å². The van der Waals surface area contributed by atoms with Crippen LogP contribution in [0.4, 0.5) is 0 Å². The lowest BCUT2D eigenvalue weighted by Crippen LogP contribution is -2.27. The van der Waals surface area contributed by atoms with Crippen LogP contribution in [0, 0.1) is 11.3 Å². The highest BCUT2D eigenvalue weighted by molar-refractivity contribution is 4.70. The first kappa shape index (κ1) is 11.9. The molecule has 0 saturated carbocycles. The summed E-state index contributed by atoms with van der Waals surface area (Å²) in [5.74, 6) is 0.766. The Balaban J connectivity index is 3.38. The van der Waals surface area contributed by atoms with E-state index in [9.17, 15) is 0 Å². The molecule has 1 unspecified atom stereocenters. The third-order valence-electron chi connectivity index (χ3n) is 2.55. The van der Waals surface area contributed by atoms with Crippen molar-refractivity contribution in [2.75, 3.05) is 19.6 Å². The van der Waals surface area contributed by atoms with Crippen molar-refractivity contribution in [1.29, 1.82) is 0 Å². The van der Waals surface area contributed by atoms with Gasteiger partial charge in [-0.1, -0.05) is 27.7 Å². The summed E-state index contributed by atoms with van der Waals surface area (Å²) < 4.78 is 0. The first-order valence-corrected chi connectivity index (χ1v) is 4.89. The lowest BCUT2D eigenvalue weighted by molar-refractivity contribution is 0.245. The van der Waals surface area contributed by atoms with Crippen LogP contribution in [0.5, 0.6) is 0 Å². The molecular formula is C10H24N2. The van der Waals surface area contributed by atoms with Gasteiger partial charge < -0.3 is 11.1 Å². The third kappa shape index (κ3) is 5.56. The van der Waals surface area contributed by atoms with Crippen LogP contribution in [-0.2, 0) is 0 Å². The van der Waals surface area contributed by atoms with Gasteiger partial charge in [0.05, 0.1) is 0 Å². The van der Waals surface area contributed by atoms with Gasteiger partial charge in [-0.05, 0) is 24.3 Å². The summed E-state index contributed by atoms with van der Waals surface area (Å²) in [7, 11) is 0. The van der Waals surface area contributed by atoms with Crippen LogP contribution in [0.15, 0.2) is 0 Å². The average molecular weight is 172 g/mol. The van der Waals surface area contributed by atoms with Gasteiger partial charge >= 0.3 is 0 Å². The fraction of sp³-hybridized carbons (Fsp3) is 1.00. The summed E-state index contributed by atoms with van der Waals surface area (Å²) in [6.45, 7) is 12.0. The average Bonchev–Trinajstić information content (AvgIpc) is 1.96. The van der Waals surface area contributed by atoms with Crippen molar-refractivity contribution in [3.63, 3.8) is 0 Å². The molecule has 0 bridgehead atoms. The molecule has 0 rings (SSSR count). The summed E-state index contributed by atoms with van der Waals surface area (Å²) in [6, 6.07) is 0. The van der Waals surface area contributed by atoms with Crippen LogP contribution in [0.3, 0.4) is 0 Å². The minimum atomic E-state index is 0.435. The maximum Gasteiger partial charge on any atom is 0.00745 e. The van der Waals surface area contributed by atoms with Crippen LogP contribution in [0.25, 0.3) is 0 Å². The Hall–Kier alpha value is -0.0800. The predicted molar refractivity (Wildman–Crippen MR) is 55.2 cm³/mol. The normalized spacial score (nSPS) is 14.8. The molecule has 3 N–H and O–H groups in total. The van der Waals surface area contributed by atoms with Gasteiger partial charge in [0, 0.05) is 13.1 Å². The molecule has 0 heterocycles. The highest BCUT2D eigenvalue weighted by atomic mass is 14.9. The second-order valence-corrected chi connectivity index (χ2v) is 4.59. The fourth-order valence-corrected chi connectivity index (χ4v) is 0.979. The van der Waals surface area contributed by atoms with E-state index in [-0.39, 0.29) is 0 Å². The van der Waals surface area contributed by atoms with Gasteiger partial charge in [0.25, 0.3) is 0 Å². The highest BCUT2D eigenvalue weighted by Crippen LogP contribution is 2.27. The molecule has 0 amide bonds. The Morgan fingerprint density at radius 2 is 1.83 bits per heavy atom. The summed E-state index contributed by atoms with van der Waals surface area (Å²) in [6.07, 6.45) is 1.24. The zero-order chi connectivity index (χ0) is 9.61. The van der Waals surface area contributed by atoms with Crippen LogP contribution in [0.2, 0.25) is 0 Å². The van der Waals surface area contributed by atoms with E-state index in [0.717, 1.165) is 25.6 Å². The number of nitrogens with two attached hydrogens (primary N) is 1. The van der Waals surface area contributed by atoms with Crippen LogP contribution >= 0.6 is 0 Å². The topological polar surface area (TPSA) is 38.0 Å². The molecule has 0 fully saturated rings. The van der Waals surface area contributed by atoms with Crippen LogP contribution in [0.1, 0.15) is 34.1 Å². The maximum atomic E-state index is 5.37. The molecule has 0 radical (unpaired) electrons. The Kier molecular flexibility index (Phi) is 5.51. The van der Waals surface area contributed by atoms with Gasteiger partial charge in [0.2, 0.25) is 0 Å². The molecule has 2 nitrogen and oxygen atoms in total. The molecule has 0 spiro atoms. The Bertz CT molecular complexity index is 105. The van der Waals surface area contributed by atoms with E-state index in [2.05, 4.69) is 33.0 Å². The summed E-state index contributed by atoms with van der Waals surface area (Å²) in [4.78, 5) is 0. The number of hydrogen-bond donors (Lipinski definition) is 2. The van der Waals surface area contributed by atoms with E-state index in [1.807, 2.05) is 0 Å². The molecule has 0 aliphatic carbocycles. The molecule has 12 heavy (non-hydrogen) atoms. The highest BCUT2D eigenvalue weighted by Gasteiger charge is 2.18. The largest absolute Gasteiger partial charge is 0.329 e. The van der Waals surface area contributed by atoms with Gasteiger partial charge in [0.15, 0.2) is 0 Å². The van der Waals surface area contributed by atoms with E-state index >= 15 is 0 Å². The van der Waals surface area contributed by atoms with E-state index in [1.165, 1.54) is 6.42 Å². The summed E-state index contributed by atoms with van der Waals surface area (Å²) >= 11 is 0. The number of nitrogens with one attached hydrogen (secondary N) is 1. The Labute approximate surface area is 76.9 Å². The van der Waals surface area contributed by atoms with E-state index in [1.54, 1.807) is 0 Å². The van der Waals surface area contributed by atoms with Gasteiger partial charge in [-0.15, -0.1) is 0 Å². The van der Waals surface area contributed by atoms with Gasteiger partial charge in [-0.2, -0.15) is 0 Å². The van der Waals surface area contributed by atoms with Crippen molar-refractivity contribution >= 4 is 0 Å². The van der Waals surface area contributed by atoms with Crippen molar-refractivity contribution in [2.24, 2.45) is 17.1 Å². The number of rotatable bonds is 5. The molecule has 0 aromatic rings. The first-order chi connectivity index (χ1) is 5.48. The number of hydrogen-bond acceptors (Lipinski definition) is 2. The second kappa shape index (κ2) is 5.55. The summed E-state index contributed by atoms with van der Waals surface area (Å²) in [5.41, 5.74) is 5.80. The van der Waals surface area contributed by atoms with Crippen molar-refractivity contribution in [3.8, 4) is 0 Å². The first-order valence-electron chi connectivity index (χ1n) is 4.89. The molecule has 2 heteroatoms. The lowest BCUT2D eigenvalue weighted by atomic mass is 9.80. The molecule has 0 aliphatic heterocycles. The zero-order valence-corrected chi connectivity index (χ0v) is 8.98. The maximum absolute atomic E-state index is 5.37. The quantitative estimate of drug-likeness (QED) is 0.618. The van der Waals surface area contributed by atoms with Crippen molar-refractivity contribution in [3.05, 3.63) is 0 Å². The standard InChI is InChI=1S/C10H24N2/c1-9(10(2,3)4)5-7-12-8-6-11/h9,12H,5-8,11H2,1-4H3. The van der Waals surface area contributed by atoms with Crippen molar-refractivity contribution in [1.82, 2.24) is 5.32 Å². The molecule has 0 aromatic heterocycles. The second-order valence-electron chi connectivity index (χ2n) is 4.59. The molecule has 1 atom stereocenters. The fourth-order valence-electron chi connectivity index (χ4n) is 0.979. The van der Waals surface area contributed by atoms with E-state index < -0.39 is 0 Å². The smallest absolute Gasteiger partial charge is 0.00745 e. The van der Waals surface area contributed by atoms with E-state index in [4.69, 9.17) is 5.73 Å². The molecule has 0 aliphatic rings. The molecule has 0 saturated heterocycles. The Morgan fingerprint density at radius 1 is 1.25 bits per heavy atom.